The summed E-state index contributed by atoms with van der Waals surface area (Å²) in [5, 5.41) is 72.2. The van der Waals surface area contributed by atoms with Crippen LogP contribution in [0, 0.1) is 0 Å². The molecule has 2 fully saturated rings. The largest absolute Gasteiger partial charge is 0.490 e. The number of hydrogen-bond donors (Lipinski definition) is 10. The molecule has 0 radical (unpaired) electrons. The van der Waals surface area contributed by atoms with Gasteiger partial charge in [0.05, 0.1) is 13.2 Å². The number of unbranched alkanes of at least 4 members (excludes halogenated alkanes) is 4. The van der Waals surface area contributed by atoms with Crippen molar-refractivity contribution in [3.63, 3.8) is 0 Å². The summed E-state index contributed by atoms with van der Waals surface area (Å²) in [6.07, 6.45) is -14.7. The average molecular weight is 841 g/mol. The molecule has 18 nitrogen and oxygen atoms in total. The summed E-state index contributed by atoms with van der Waals surface area (Å²) in [4.78, 5) is 51.3. The number of amides is 3. The van der Waals surface area contributed by atoms with Crippen molar-refractivity contribution in [3.05, 3.63) is 0 Å². The van der Waals surface area contributed by atoms with E-state index >= 15 is 0 Å². The first-order valence-electron chi connectivity index (χ1n) is 18.0. The zero-order chi connectivity index (χ0) is 41.3. The molecule has 0 spiro atoms. The number of aliphatic hydroxyl groups is 7. The lowest BCUT2D eigenvalue weighted by Gasteiger charge is -2.41. The minimum absolute atomic E-state index is 0.0711. The molecule has 0 bridgehead atoms. The maximum atomic E-state index is 13.4. The number of esters is 1. The Morgan fingerprint density at radius 2 is 1.36 bits per heavy atom. The number of primary amides is 1. The van der Waals surface area contributed by atoms with Crippen LogP contribution in [-0.2, 0) is 33.4 Å². The number of carbonyl (C=O) groups excluding carboxylic acids is 4. The van der Waals surface area contributed by atoms with Crippen molar-refractivity contribution in [3.8, 4) is 0 Å². The van der Waals surface area contributed by atoms with E-state index in [9.17, 15) is 68.1 Å². The third kappa shape index (κ3) is 15.7. The van der Waals surface area contributed by atoms with Gasteiger partial charge in [-0.05, 0) is 38.6 Å². The fourth-order valence-corrected chi connectivity index (χ4v) is 8.12. The van der Waals surface area contributed by atoms with Crippen LogP contribution >= 0.6 is 23.5 Å². The number of carbonyl (C=O) groups is 4. The molecule has 320 valence electrons. The van der Waals surface area contributed by atoms with E-state index in [0.717, 1.165) is 42.8 Å². The summed E-state index contributed by atoms with van der Waals surface area (Å²) in [6.45, 7) is -0.500. The van der Waals surface area contributed by atoms with Crippen LogP contribution in [0.5, 0.6) is 0 Å². The third-order valence-electron chi connectivity index (χ3n) is 8.96. The average Bonchev–Trinajstić information content (AvgIpc) is 3.13. The highest BCUT2D eigenvalue weighted by atomic mass is 32.2. The van der Waals surface area contributed by atoms with Crippen LogP contribution in [0.25, 0.3) is 0 Å². The number of nitrogens with zero attached hydrogens (tertiary/aromatic N) is 1. The fraction of sp³-hybridized carbons (Fsp3) is 0.875. The Balaban J connectivity index is 1.89. The highest BCUT2D eigenvalue weighted by Gasteiger charge is 2.51. The monoisotopic (exact) mass is 840 g/mol. The van der Waals surface area contributed by atoms with Crippen molar-refractivity contribution >= 4 is 47.2 Å². The summed E-state index contributed by atoms with van der Waals surface area (Å²) < 4.78 is 53.6. The van der Waals surface area contributed by atoms with Crippen LogP contribution in [0.1, 0.15) is 57.8 Å². The number of halogens is 3. The predicted molar refractivity (Wildman–Crippen MR) is 191 cm³/mol. The first-order chi connectivity index (χ1) is 26.0. The van der Waals surface area contributed by atoms with Crippen LogP contribution in [0.2, 0.25) is 0 Å². The van der Waals surface area contributed by atoms with Crippen molar-refractivity contribution in [2.24, 2.45) is 11.5 Å². The number of rotatable bonds is 24. The van der Waals surface area contributed by atoms with Gasteiger partial charge in [-0.2, -0.15) is 13.2 Å². The van der Waals surface area contributed by atoms with Gasteiger partial charge in [-0.3, -0.25) is 14.4 Å². The summed E-state index contributed by atoms with van der Waals surface area (Å²) >= 11 is 1.74. The maximum Gasteiger partial charge on any atom is 0.490 e. The predicted octanol–water partition coefficient (Wildman–Crippen LogP) is -2.57. The van der Waals surface area contributed by atoms with Gasteiger partial charge in [-0.25, -0.2) is 4.79 Å². The zero-order valence-corrected chi connectivity index (χ0v) is 31.8. The molecule has 2 rings (SSSR count). The van der Waals surface area contributed by atoms with Gasteiger partial charge >= 0.3 is 12.1 Å². The normalized spacial score (nSPS) is 29.0. The van der Waals surface area contributed by atoms with Crippen LogP contribution in [-0.4, -0.2) is 181 Å². The Labute approximate surface area is 324 Å². The quantitative estimate of drug-likeness (QED) is 0.0353. The number of nitrogens with two attached hydrogens (primary N) is 2. The molecule has 2 heterocycles. The number of hydrogen-bond acceptors (Lipinski definition) is 17. The molecule has 11 atom stereocenters. The second kappa shape index (κ2) is 24.7. The van der Waals surface area contributed by atoms with E-state index in [4.69, 9.17) is 20.9 Å². The number of nitrogens with one attached hydrogen (secondary N) is 1. The molecule has 0 aromatic rings. The van der Waals surface area contributed by atoms with Crippen LogP contribution in [0.3, 0.4) is 0 Å². The lowest BCUT2D eigenvalue weighted by molar-refractivity contribution is -0.241. The number of alkyl halides is 3. The molecule has 0 aromatic heterocycles. The molecule has 0 aliphatic carbocycles. The number of thioether (sulfide) groups is 2. The molecule has 0 unspecified atom stereocenters. The van der Waals surface area contributed by atoms with Gasteiger partial charge in [-0.15, -0.1) is 23.5 Å². The third-order valence-corrected chi connectivity index (χ3v) is 11.3. The van der Waals surface area contributed by atoms with Crippen LogP contribution in [0.15, 0.2) is 0 Å². The Bertz CT molecular complexity index is 1200. The fourth-order valence-electron chi connectivity index (χ4n) is 5.85. The van der Waals surface area contributed by atoms with E-state index in [-0.39, 0.29) is 43.9 Å². The lowest BCUT2D eigenvalue weighted by atomic mass is 10.0. The van der Waals surface area contributed by atoms with Crippen molar-refractivity contribution in [2.75, 3.05) is 44.4 Å². The van der Waals surface area contributed by atoms with Crippen LogP contribution < -0.4 is 16.8 Å². The SMILES string of the molecule is NCCCCCCN(C(=O)CCS[C@H]1O[C@H](CO)[C@@H](O)[C@H](O)[C@@H]1O)[C@@H](CCCCNC(=O)CCS[C@H]1O[C@H](CO)[C@@H](O)[C@H](O)[C@@H]1OC(=O)C(F)(F)F)C(N)=O. The number of ether oxygens (including phenoxy) is 3. The summed E-state index contributed by atoms with van der Waals surface area (Å²) in [5.41, 5.74) is 8.82. The first-order valence-corrected chi connectivity index (χ1v) is 20.1. The topological polar surface area (TPSA) is 305 Å². The van der Waals surface area contributed by atoms with Gasteiger partial charge in [0.2, 0.25) is 17.7 Å². The highest BCUT2D eigenvalue weighted by Crippen LogP contribution is 2.33. The van der Waals surface area contributed by atoms with Crippen molar-refractivity contribution in [1.29, 1.82) is 0 Å². The van der Waals surface area contributed by atoms with Gasteiger partial charge in [-0.1, -0.05) is 12.8 Å². The van der Waals surface area contributed by atoms with Crippen molar-refractivity contribution < 1.29 is 82.3 Å². The minimum Gasteiger partial charge on any atom is -0.449 e. The lowest BCUT2D eigenvalue weighted by Crippen LogP contribution is -2.59. The Morgan fingerprint density at radius 3 is 1.96 bits per heavy atom. The molecule has 55 heavy (non-hydrogen) atoms. The molecule has 23 heteroatoms. The zero-order valence-electron chi connectivity index (χ0n) is 30.2. The van der Waals surface area contributed by atoms with Gasteiger partial charge in [0.15, 0.2) is 6.10 Å². The highest BCUT2D eigenvalue weighted by molar-refractivity contribution is 8.00. The van der Waals surface area contributed by atoms with E-state index in [1.807, 2.05) is 0 Å². The van der Waals surface area contributed by atoms with Crippen molar-refractivity contribution in [1.82, 2.24) is 10.2 Å². The standard InChI is InChI=1S/C32H55F3N4O14S2/c33-32(34,35)31(50)53-27-25(47)23(45)19(16-41)52-30(27)55-13-8-20(42)38-11-5-3-7-17(28(37)49)39(12-6-2-1-4-10-36)21(43)9-14-54-29-26(48)24(46)22(44)18(15-40)51-29/h17-19,22-27,29-30,40-41,44-48H,1-16,36H2,(H2,37,49)(H,38,42)/t17-,18+,19+,22+,23+,24-,25-,26-,27-,29+,30+/m0/s1. The van der Waals surface area contributed by atoms with E-state index in [0.29, 0.717) is 25.8 Å². The summed E-state index contributed by atoms with van der Waals surface area (Å²) in [6, 6.07) is -0.974. The number of aliphatic hydroxyl groups excluding tert-OH is 7. The molecular formula is C32H55F3N4O14S2. The van der Waals surface area contributed by atoms with Crippen molar-refractivity contribution in [2.45, 2.75) is 130 Å². The van der Waals surface area contributed by atoms with Gasteiger partial charge < -0.3 is 71.6 Å². The summed E-state index contributed by atoms with van der Waals surface area (Å²) in [7, 11) is 0. The second-order valence-corrected chi connectivity index (χ2v) is 15.5. The molecule has 2 saturated heterocycles. The molecule has 3 amide bonds. The Morgan fingerprint density at radius 1 is 0.782 bits per heavy atom. The molecular weight excluding hydrogens is 785 g/mol. The van der Waals surface area contributed by atoms with Crippen LogP contribution in [0.4, 0.5) is 13.2 Å². The van der Waals surface area contributed by atoms with E-state index < -0.39 is 109 Å². The minimum atomic E-state index is -5.39. The van der Waals surface area contributed by atoms with E-state index in [2.05, 4.69) is 10.1 Å². The van der Waals surface area contributed by atoms with E-state index in [1.54, 1.807) is 0 Å². The smallest absolute Gasteiger partial charge is 0.449 e. The maximum absolute atomic E-state index is 13.4. The molecule has 12 N–H and O–H groups in total. The Hall–Kier alpha value is -2.03. The first kappa shape index (κ1) is 49.1. The molecule has 2 aliphatic heterocycles. The summed E-state index contributed by atoms with van der Waals surface area (Å²) in [5.74, 6) is -4.17. The molecule has 0 aromatic carbocycles. The second-order valence-electron chi connectivity index (χ2n) is 13.1. The van der Waals surface area contributed by atoms with E-state index in [1.165, 1.54) is 4.90 Å². The molecule has 2 aliphatic rings. The molecule has 0 saturated carbocycles. The Kier molecular flexibility index (Phi) is 22.0. The van der Waals surface area contributed by atoms with Gasteiger partial charge in [0, 0.05) is 37.4 Å². The van der Waals surface area contributed by atoms with Gasteiger partial charge in [0.1, 0.15) is 59.6 Å². The van der Waals surface area contributed by atoms with Gasteiger partial charge in [0.25, 0.3) is 0 Å².